The van der Waals surface area contributed by atoms with Crippen LogP contribution in [-0.4, -0.2) is 50.9 Å². The van der Waals surface area contributed by atoms with Crippen molar-refractivity contribution in [1.82, 2.24) is 15.5 Å². The van der Waals surface area contributed by atoms with Crippen LogP contribution in [0.15, 0.2) is 36.4 Å². The van der Waals surface area contributed by atoms with Gasteiger partial charge in [0.2, 0.25) is 0 Å². The average Bonchev–Trinajstić information content (AvgIpc) is 2.77. The molecule has 0 aromatic heterocycles. The van der Waals surface area contributed by atoms with Gasteiger partial charge in [-0.05, 0) is 68.1 Å². The first-order valence-electron chi connectivity index (χ1n) is 11.0. The first kappa shape index (κ1) is 23.7. The van der Waals surface area contributed by atoms with Gasteiger partial charge in [-0.25, -0.2) is 4.79 Å². The molecule has 0 saturated heterocycles. The molecule has 1 heterocycles. The Labute approximate surface area is 191 Å². The zero-order valence-corrected chi connectivity index (χ0v) is 19.9. The molecule has 7 heteroatoms. The number of nitrogens with zero attached hydrogens (tertiary/aromatic N) is 1. The summed E-state index contributed by atoms with van der Waals surface area (Å²) >= 11 is 0. The van der Waals surface area contributed by atoms with Crippen LogP contribution in [0.3, 0.4) is 0 Å². The third kappa shape index (κ3) is 5.46. The lowest BCUT2D eigenvalue weighted by atomic mass is 9.87. The van der Waals surface area contributed by atoms with Crippen LogP contribution in [0.2, 0.25) is 0 Å². The Hall–Kier alpha value is -2.93. The third-order valence-electron chi connectivity index (χ3n) is 5.82. The first-order chi connectivity index (χ1) is 15.4. The zero-order valence-electron chi connectivity index (χ0n) is 19.9. The van der Waals surface area contributed by atoms with Crippen molar-refractivity contribution >= 4 is 6.03 Å². The van der Waals surface area contributed by atoms with Gasteiger partial charge in [0.1, 0.15) is 5.75 Å². The minimum Gasteiger partial charge on any atom is -0.497 e. The lowest BCUT2D eigenvalue weighted by molar-refractivity contribution is 0.143. The van der Waals surface area contributed by atoms with E-state index < -0.39 is 0 Å². The SMILES string of the molecule is COc1ccc(CN2CCc3cc(OC)c(OC)cc3[C@H]2[C@@H](C)NC(=O)NC(C)C)cc1. The molecule has 2 N–H and O–H groups in total. The Kier molecular flexibility index (Phi) is 7.85. The normalized spacial score (nSPS) is 16.8. The molecule has 0 saturated carbocycles. The Balaban J connectivity index is 1.94. The van der Waals surface area contributed by atoms with Gasteiger partial charge in [-0.1, -0.05) is 12.1 Å². The van der Waals surface area contributed by atoms with Gasteiger partial charge in [-0.2, -0.15) is 0 Å². The van der Waals surface area contributed by atoms with E-state index in [1.807, 2.05) is 26.0 Å². The van der Waals surface area contributed by atoms with Gasteiger partial charge in [0, 0.05) is 25.2 Å². The number of hydrogen-bond acceptors (Lipinski definition) is 5. The van der Waals surface area contributed by atoms with Crippen molar-refractivity contribution in [1.29, 1.82) is 0 Å². The number of rotatable bonds is 8. The molecule has 0 unspecified atom stereocenters. The number of methoxy groups -OCH3 is 3. The molecule has 0 bridgehead atoms. The summed E-state index contributed by atoms with van der Waals surface area (Å²) < 4.78 is 16.4. The van der Waals surface area contributed by atoms with Crippen LogP contribution in [0.4, 0.5) is 4.79 Å². The molecular formula is C25H35N3O4. The van der Waals surface area contributed by atoms with Gasteiger partial charge >= 0.3 is 6.03 Å². The second kappa shape index (κ2) is 10.6. The summed E-state index contributed by atoms with van der Waals surface area (Å²) in [4.78, 5) is 14.9. The van der Waals surface area contributed by atoms with E-state index in [1.165, 1.54) is 11.1 Å². The zero-order chi connectivity index (χ0) is 23.3. The molecule has 1 aliphatic heterocycles. The fourth-order valence-corrected chi connectivity index (χ4v) is 4.35. The van der Waals surface area contributed by atoms with Crippen LogP contribution in [0.1, 0.15) is 43.5 Å². The van der Waals surface area contributed by atoms with E-state index in [0.717, 1.165) is 36.6 Å². The number of carbonyl (C=O) groups excluding carboxylic acids is 1. The van der Waals surface area contributed by atoms with Crippen molar-refractivity contribution in [3.05, 3.63) is 53.1 Å². The molecule has 1 aliphatic rings. The van der Waals surface area contributed by atoms with Crippen LogP contribution in [-0.2, 0) is 13.0 Å². The van der Waals surface area contributed by atoms with Crippen molar-refractivity contribution in [2.75, 3.05) is 27.9 Å². The van der Waals surface area contributed by atoms with Crippen LogP contribution in [0, 0.1) is 0 Å². The summed E-state index contributed by atoms with van der Waals surface area (Å²) in [6.45, 7) is 7.59. The molecule has 32 heavy (non-hydrogen) atoms. The van der Waals surface area contributed by atoms with Crippen molar-refractivity contribution < 1.29 is 19.0 Å². The number of fused-ring (bicyclic) bond motifs is 1. The number of amides is 2. The Morgan fingerprint density at radius 1 is 1.00 bits per heavy atom. The molecule has 7 nitrogen and oxygen atoms in total. The number of benzene rings is 2. The summed E-state index contributed by atoms with van der Waals surface area (Å²) in [5, 5.41) is 6.07. The van der Waals surface area contributed by atoms with E-state index in [2.05, 4.69) is 46.7 Å². The number of hydrogen-bond donors (Lipinski definition) is 2. The standard InChI is InChI=1S/C25H35N3O4/c1-16(2)26-25(29)27-17(3)24-21-14-23(32-6)22(31-5)13-19(21)11-12-28(24)15-18-7-9-20(30-4)10-8-18/h7-10,13-14,16-17,24H,11-12,15H2,1-6H3,(H2,26,27,29)/t17-,24-/m1/s1. The Morgan fingerprint density at radius 3 is 2.25 bits per heavy atom. The molecule has 0 aliphatic carbocycles. The number of carbonyl (C=O) groups is 1. The predicted octanol–water partition coefficient (Wildman–Crippen LogP) is 3.91. The van der Waals surface area contributed by atoms with Crippen LogP contribution in [0.25, 0.3) is 0 Å². The van der Waals surface area contributed by atoms with Gasteiger partial charge in [-0.3, -0.25) is 4.90 Å². The van der Waals surface area contributed by atoms with E-state index in [4.69, 9.17) is 14.2 Å². The fourth-order valence-electron chi connectivity index (χ4n) is 4.35. The molecule has 2 aromatic rings. The van der Waals surface area contributed by atoms with Gasteiger partial charge in [-0.15, -0.1) is 0 Å². The lowest BCUT2D eigenvalue weighted by Crippen LogP contribution is -2.50. The highest BCUT2D eigenvalue weighted by Gasteiger charge is 2.33. The van der Waals surface area contributed by atoms with Crippen LogP contribution in [0.5, 0.6) is 17.2 Å². The topological polar surface area (TPSA) is 72.1 Å². The largest absolute Gasteiger partial charge is 0.497 e. The summed E-state index contributed by atoms with van der Waals surface area (Å²) in [6, 6.07) is 12.0. The molecule has 0 radical (unpaired) electrons. The fraction of sp³-hybridized carbons (Fsp3) is 0.480. The summed E-state index contributed by atoms with van der Waals surface area (Å²) in [5.41, 5.74) is 3.56. The average molecular weight is 442 g/mol. The molecular weight excluding hydrogens is 406 g/mol. The van der Waals surface area contributed by atoms with Crippen molar-refractivity contribution in [2.24, 2.45) is 0 Å². The summed E-state index contributed by atoms with van der Waals surface area (Å²) in [6.07, 6.45) is 0.896. The highest BCUT2D eigenvalue weighted by atomic mass is 16.5. The Morgan fingerprint density at radius 2 is 1.66 bits per heavy atom. The molecule has 2 atom stereocenters. The third-order valence-corrected chi connectivity index (χ3v) is 5.82. The molecule has 0 spiro atoms. The molecule has 0 fully saturated rings. The maximum Gasteiger partial charge on any atom is 0.315 e. The van der Waals surface area contributed by atoms with Gasteiger partial charge in [0.15, 0.2) is 11.5 Å². The molecule has 2 amide bonds. The van der Waals surface area contributed by atoms with Crippen molar-refractivity contribution in [2.45, 2.75) is 51.9 Å². The van der Waals surface area contributed by atoms with Crippen molar-refractivity contribution in [3.63, 3.8) is 0 Å². The Bertz CT molecular complexity index is 914. The van der Waals surface area contributed by atoms with Gasteiger partial charge in [0.25, 0.3) is 0 Å². The maximum absolute atomic E-state index is 12.5. The molecule has 3 rings (SSSR count). The predicted molar refractivity (Wildman–Crippen MR) is 126 cm³/mol. The monoisotopic (exact) mass is 441 g/mol. The summed E-state index contributed by atoms with van der Waals surface area (Å²) in [7, 11) is 4.97. The van der Waals surface area contributed by atoms with Crippen molar-refractivity contribution in [3.8, 4) is 17.2 Å². The highest BCUT2D eigenvalue weighted by Crippen LogP contribution is 2.40. The van der Waals surface area contributed by atoms with E-state index in [9.17, 15) is 4.79 Å². The smallest absolute Gasteiger partial charge is 0.315 e. The van der Waals surface area contributed by atoms with Gasteiger partial charge < -0.3 is 24.8 Å². The molecule has 2 aromatic carbocycles. The minimum atomic E-state index is -0.163. The minimum absolute atomic E-state index is 0.0152. The number of ether oxygens (including phenoxy) is 3. The van der Waals surface area contributed by atoms with Crippen LogP contribution < -0.4 is 24.8 Å². The van der Waals surface area contributed by atoms with E-state index in [0.29, 0.717) is 5.75 Å². The first-order valence-corrected chi connectivity index (χ1v) is 11.0. The van der Waals surface area contributed by atoms with Gasteiger partial charge in [0.05, 0.1) is 27.4 Å². The number of urea groups is 1. The second-order valence-electron chi connectivity index (χ2n) is 8.48. The molecule has 174 valence electrons. The lowest BCUT2D eigenvalue weighted by Gasteiger charge is -2.41. The number of nitrogens with one attached hydrogen (secondary N) is 2. The second-order valence-corrected chi connectivity index (χ2v) is 8.48. The summed E-state index contributed by atoms with van der Waals surface area (Å²) in [5.74, 6) is 2.26. The van der Waals surface area contributed by atoms with E-state index >= 15 is 0 Å². The maximum atomic E-state index is 12.5. The van der Waals surface area contributed by atoms with Crippen LogP contribution >= 0.6 is 0 Å². The van der Waals surface area contributed by atoms with E-state index in [-0.39, 0.29) is 24.2 Å². The quantitative estimate of drug-likeness (QED) is 0.650. The highest BCUT2D eigenvalue weighted by molar-refractivity contribution is 5.74. The van der Waals surface area contributed by atoms with E-state index in [1.54, 1.807) is 21.3 Å².